The van der Waals surface area contributed by atoms with Gasteiger partial charge in [-0.2, -0.15) is 0 Å². The minimum atomic E-state index is -0.876. The van der Waals surface area contributed by atoms with Crippen LogP contribution in [0.5, 0.6) is 0 Å². The van der Waals surface area contributed by atoms with Crippen molar-refractivity contribution >= 4 is 6.03 Å². The summed E-state index contributed by atoms with van der Waals surface area (Å²) < 4.78 is 25.9. The Kier molecular flexibility index (Phi) is 5.48. The van der Waals surface area contributed by atoms with E-state index in [-0.39, 0.29) is 11.9 Å². The van der Waals surface area contributed by atoms with Gasteiger partial charge in [-0.1, -0.05) is 19.1 Å². The van der Waals surface area contributed by atoms with E-state index in [2.05, 4.69) is 11.9 Å². The van der Waals surface area contributed by atoms with Crippen molar-refractivity contribution in [1.29, 1.82) is 0 Å². The van der Waals surface area contributed by atoms with Gasteiger partial charge in [-0.05, 0) is 23.6 Å². The summed E-state index contributed by atoms with van der Waals surface area (Å²) in [5.41, 5.74) is 0.644. The smallest absolute Gasteiger partial charge is 0.317 e. The third-order valence-corrected chi connectivity index (χ3v) is 2.82. The average molecular weight is 268 g/mol. The maximum Gasteiger partial charge on any atom is 0.317 e. The standard InChI is InChI=1S/C14H18F2N2O/c1-4-7-18(3)14(19)17-9-10(2)11-5-6-12(15)13(16)8-11/h4-6,8,10H,1,7,9H2,2-3H3,(H,17,19)/t10-/m1/s1. The monoisotopic (exact) mass is 268 g/mol. The van der Waals surface area contributed by atoms with Gasteiger partial charge in [0.15, 0.2) is 11.6 Å². The van der Waals surface area contributed by atoms with Crippen molar-refractivity contribution in [3.8, 4) is 0 Å². The molecule has 0 fully saturated rings. The van der Waals surface area contributed by atoms with Gasteiger partial charge in [0, 0.05) is 20.1 Å². The van der Waals surface area contributed by atoms with E-state index in [9.17, 15) is 13.6 Å². The summed E-state index contributed by atoms with van der Waals surface area (Å²) in [5.74, 6) is -1.85. The predicted octanol–water partition coefficient (Wildman–Crippen LogP) is 2.90. The first kappa shape index (κ1) is 15.1. The van der Waals surface area contributed by atoms with Gasteiger partial charge in [-0.3, -0.25) is 0 Å². The second-order valence-corrected chi connectivity index (χ2v) is 4.43. The molecule has 0 heterocycles. The predicted molar refractivity (Wildman–Crippen MR) is 71.0 cm³/mol. The fraction of sp³-hybridized carbons (Fsp3) is 0.357. The van der Waals surface area contributed by atoms with E-state index in [1.807, 2.05) is 6.92 Å². The van der Waals surface area contributed by atoms with Crippen molar-refractivity contribution in [1.82, 2.24) is 10.2 Å². The molecule has 0 saturated carbocycles. The van der Waals surface area contributed by atoms with E-state index in [4.69, 9.17) is 0 Å². The Morgan fingerprint density at radius 3 is 2.74 bits per heavy atom. The number of rotatable bonds is 5. The molecule has 1 N–H and O–H groups in total. The maximum atomic E-state index is 13.1. The molecule has 104 valence electrons. The number of hydrogen-bond donors (Lipinski definition) is 1. The lowest BCUT2D eigenvalue weighted by molar-refractivity contribution is 0.212. The number of halogens is 2. The number of nitrogens with one attached hydrogen (secondary N) is 1. The van der Waals surface area contributed by atoms with Gasteiger partial charge in [0.2, 0.25) is 0 Å². The molecule has 0 radical (unpaired) electrons. The SMILES string of the molecule is C=CCN(C)C(=O)NC[C@@H](C)c1ccc(F)c(F)c1. The lowest BCUT2D eigenvalue weighted by Crippen LogP contribution is -2.38. The van der Waals surface area contributed by atoms with Gasteiger partial charge >= 0.3 is 6.03 Å². The van der Waals surface area contributed by atoms with Crippen LogP contribution >= 0.6 is 0 Å². The molecule has 0 bridgehead atoms. The Balaban J connectivity index is 2.55. The van der Waals surface area contributed by atoms with Crippen molar-refractivity contribution in [2.45, 2.75) is 12.8 Å². The summed E-state index contributed by atoms with van der Waals surface area (Å²) in [6.45, 7) is 6.18. The Hall–Kier alpha value is -1.91. The summed E-state index contributed by atoms with van der Waals surface area (Å²) in [7, 11) is 1.65. The van der Waals surface area contributed by atoms with Crippen molar-refractivity contribution in [2.24, 2.45) is 0 Å². The number of nitrogens with zero attached hydrogens (tertiary/aromatic N) is 1. The third kappa shape index (κ3) is 4.35. The van der Waals surface area contributed by atoms with E-state index in [0.29, 0.717) is 18.7 Å². The van der Waals surface area contributed by atoms with Crippen molar-refractivity contribution in [3.05, 3.63) is 48.1 Å². The highest BCUT2D eigenvalue weighted by Crippen LogP contribution is 2.17. The Morgan fingerprint density at radius 2 is 2.16 bits per heavy atom. The second kappa shape index (κ2) is 6.87. The summed E-state index contributed by atoms with van der Waals surface area (Å²) in [6.07, 6.45) is 1.62. The first-order valence-corrected chi connectivity index (χ1v) is 6.00. The van der Waals surface area contributed by atoms with Crippen LogP contribution in [0.15, 0.2) is 30.9 Å². The summed E-state index contributed by atoms with van der Waals surface area (Å²) in [6, 6.07) is 3.53. The minimum Gasteiger partial charge on any atom is -0.337 e. The number of benzene rings is 1. The zero-order valence-corrected chi connectivity index (χ0v) is 11.1. The highest BCUT2D eigenvalue weighted by atomic mass is 19.2. The van der Waals surface area contributed by atoms with Crippen LogP contribution in [0.25, 0.3) is 0 Å². The molecule has 1 aromatic carbocycles. The zero-order chi connectivity index (χ0) is 14.4. The fourth-order valence-corrected chi connectivity index (χ4v) is 1.59. The van der Waals surface area contributed by atoms with Gasteiger partial charge < -0.3 is 10.2 Å². The molecule has 0 aliphatic carbocycles. The molecular weight excluding hydrogens is 250 g/mol. The summed E-state index contributed by atoms with van der Waals surface area (Å²) in [4.78, 5) is 13.1. The molecule has 0 unspecified atom stereocenters. The van der Waals surface area contributed by atoms with Crippen LogP contribution in [0.2, 0.25) is 0 Å². The van der Waals surface area contributed by atoms with Crippen molar-refractivity contribution in [3.63, 3.8) is 0 Å². The van der Waals surface area contributed by atoms with Crippen LogP contribution in [0, 0.1) is 11.6 Å². The highest BCUT2D eigenvalue weighted by Gasteiger charge is 2.12. The molecule has 0 aliphatic rings. The van der Waals surface area contributed by atoms with Crippen molar-refractivity contribution < 1.29 is 13.6 Å². The number of urea groups is 1. The largest absolute Gasteiger partial charge is 0.337 e. The van der Waals surface area contributed by atoms with Crippen LogP contribution in [-0.2, 0) is 0 Å². The molecule has 2 amide bonds. The lowest BCUT2D eigenvalue weighted by Gasteiger charge is -2.18. The molecule has 0 aliphatic heterocycles. The summed E-state index contributed by atoms with van der Waals surface area (Å²) in [5, 5.41) is 2.72. The van der Waals surface area contributed by atoms with E-state index >= 15 is 0 Å². The molecule has 3 nitrogen and oxygen atoms in total. The molecule has 19 heavy (non-hydrogen) atoms. The second-order valence-electron chi connectivity index (χ2n) is 4.43. The first-order valence-electron chi connectivity index (χ1n) is 6.00. The van der Waals surface area contributed by atoms with Crippen LogP contribution < -0.4 is 5.32 Å². The van der Waals surface area contributed by atoms with E-state index in [1.165, 1.54) is 11.0 Å². The quantitative estimate of drug-likeness (QED) is 0.818. The van der Waals surface area contributed by atoms with E-state index < -0.39 is 11.6 Å². The first-order chi connectivity index (χ1) is 8.95. The number of hydrogen-bond acceptors (Lipinski definition) is 1. The van der Waals surface area contributed by atoms with E-state index in [0.717, 1.165) is 12.1 Å². The van der Waals surface area contributed by atoms with Gasteiger partial charge in [0.25, 0.3) is 0 Å². The Labute approximate surface area is 111 Å². The van der Waals surface area contributed by atoms with Crippen molar-refractivity contribution in [2.75, 3.05) is 20.1 Å². The third-order valence-electron chi connectivity index (χ3n) is 2.82. The van der Waals surface area contributed by atoms with E-state index in [1.54, 1.807) is 13.1 Å². The zero-order valence-electron chi connectivity index (χ0n) is 11.1. The molecule has 1 atom stereocenters. The molecule has 0 spiro atoms. The summed E-state index contributed by atoms with van der Waals surface area (Å²) >= 11 is 0. The van der Waals surface area contributed by atoms with Crippen LogP contribution in [0.3, 0.4) is 0 Å². The number of carbonyl (C=O) groups is 1. The normalized spacial score (nSPS) is 11.8. The molecule has 0 saturated heterocycles. The maximum absolute atomic E-state index is 13.1. The van der Waals surface area contributed by atoms with Gasteiger partial charge in [-0.15, -0.1) is 6.58 Å². The number of carbonyl (C=O) groups excluding carboxylic acids is 1. The minimum absolute atomic E-state index is 0.101. The molecule has 0 aromatic heterocycles. The molecule has 5 heteroatoms. The van der Waals surface area contributed by atoms with Gasteiger partial charge in [0.05, 0.1) is 0 Å². The van der Waals surface area contributed by atoms with Crippen LogP contribution in [0.1, 0.15) is 18.4 Å². The highest BCUT2D eigenvalue weighted by molar-refractivity contribution is 5.74. The van der Waals surface area contributed by atoms with Gasteiger partial charge in [-0.25, -0.2) is 13.6 Å². The Morgan fingerprint density at radius 1 is 1.47 bits per heavy atom. The van der Waals surface area contributed by atoms with Crippen LogP contribution in [-0.4, -0.2) is 31.1 Å². The average Bonchev–Trinajstić information content (AvgIpc) is 2.39. The number of amides is 2. The fourth-order valence-electron chi connectivity index (χ4n) is 1.59. The number of likely N-dealkylation sites (N-methyl/N-ethyl adjacent to an activating group) is 1. The van der Waals surface area contributed by atoms with Gasteiger partial charge in [0.1, 0.15) is 0 Å². The lowest BCUT2D eigenvalue weighted by atomic mass is 10.0. The molecular formula is C14H18F2N2O. The topological polar surface area (TPSA) is 32.3 Å². The van der Waals surface area contributed by atoms with Crippen LogP contribution in [0.4, 0.5) is 13.6 Å². The molecule has 1 rings (SSSR count). The molecule has 1 aromatic rings. The Bertz CT molecular complexity index is 463.